The van der Waals surface area contributed by atoms with Crippen molar-refractivity contribution in [3.8, 4) is 11.3 Å². The van der Waals surface area contributed by atoms with Gasteiger partial charge >= 0.3 is 0 Å². The smallest absolute Gasteiger partial charge is 0.252 e. The first-order valence-corrected chi connectivity index (χ1v) is 12.4. The zero-order valence-corrected chi connectivity index (χ0v) is 18.8. The first kappa shape index (κ1) is 21.7. The number of hydrogen-bond donors (Lipinski definition) is 1. The number of nitrogens with zero attached hydrogens (tertiary/aromatic N) is 1. The lowest BCUT2D eigenvalue weighted by Gasteiger charge is -2.19. The molecular formula is C26H24N2O3S. The summed E-state index contributed by atoms with van der Waals surface area (Å²) in [5, 5.41) is 3.68. The van der Waals surface area contributed by atoms with Crippen molar-refractivity contribution in [3.05, 3.63) is 102 Å². The van der Waals surface area contributed by atoms with Gasteiger partial charge in [0.2, 0.25) is 0 Å². The summed E-state index contributed by atoms with van der Waals surface area (Å²) in [5.74, 6) is -0.604. The third-order valence-corrected chi connectivity index (χ3v) is 6.13. The lowest BCUT2D eigenvalue weighted by atomic mass is 9.96. The van der Waals surface area contributed by atoms with E-state index in [-0.39, 0.29) is 17.7 Å². The Bertz CT molecular complexity index is 1370. The molecule has 0 aliphatic heterocycles. The van der Waals surface area contributed by atoms with Crippen LogP contribution in [-0.4, -0.2) is 25.6 Å². The molecule has 0 radical (unpaired) electrons. The van der Waals surface area contributed by atoms with E-state index in [2.05, 4.69) is 5.32 Å². The average molecular weight is 445 g/mol. The van der Waals surface area contributed by atoms with Gasteiger partial charge in [-0.25, -0.2) is 13.4 Å². The van der Waals surface area contributed by atoms with Crippen molar-refractivity contribution in [3.63, 3.8) is 0 Å². The highest BCUT2D eigenvalue weighted by Gasteiger charge is 2.25. The van der Waals surface area contributed by atoms with Crippen molar-refractivity contribution in [2.45, 2.75) is 18.7 Å². The fraction of sp³-hybridized carbons (Fsp3) is 0.154. The molecule has 0 saturated carbocycles. The van der Waals surface area contributed by atoms with Gasteiger partial charge in [0.15, 0.2) is 9.84 Å². The van der Waals surface area contributed by atoms with Crippen LogP contribution >= 0.6 is 0 Å². The van der Waals surface area contributed by atoms with E-state index in [1.54, 1.807) is 0 Å². The zero-order valence-electron chi connectivity index (χ0n) is 17.9. The maximum absolute atomic E-state index is 13.6. The molecule has 1 aromatic heterocycles. The average Bonchev–Trinajstić information content (AvgIpc) is 2.78. The number of benzene rings is 3. The molecule has 162 valence electrons. The number of fused-ring (bicyclic) bond motifs is 1. The second-order valence-corrected chi connectivity index (χ2v) is 10.0. The van der Waals surface area contributed by atoms with Gasteiger partial charge in [0, 0.05) is 22.8 Å². The van der Waals surface area contributed by atoms with Crippen molar-refractivity contribution < 1.29 is 13.2 Å². The van der Waals surface area contributed by atoms with E-state index in [9.17, 15) is 13.2 Å². The molecule has 6 heteroatoms. The minimum Gasteiger partial charge on any atom is -0.345 e. The summed E-state index contributed by atoms with van der Waals surface area (Å²) in [4.78, 5) is 18.4. The minimum absolute atomic E-state index is 0.248. The number of nitrogens with one attached hydrogen (secondary N) is 1. The Balaban J connectivity index is 1.93. The molecule has 0 bridgehead atoms. The Morgan fingerprint density at radius 3 is 2.16 bits per heavy atom. The fourth-order valence-corrected chi connectivity index (χ4v) is 4.65. The van der Waals surface area contributed by atoms with E-state index in [0.717, 1.165) is 11.1 Å². The lowest BCUT2D eigenvalue weighted by molar-refractivity contribution is 0.0941. The second kappa shape index (κ2) is 8.93. The number of aromatic nitrogens is 1. The molecule has 4 rings (SSSR count). The monoisotopic (exact) mass is 444 g/mol. The van der Waals surface area contributed by atoms with Crippen LogP contribution in [0, 0.1) is 0 Å². The van der Waals surface area contributed by atoms with Gasteiger partial charge in [0.25, 0.3) is 5.91 Å². The summed E-state index contributed by atoms with van der Waals surface area (Å²) >= 11 is 0. The van der Waals surface area contributed by atoms with Crippen LogP contribution in [0.3, 0.4) is 0 Å². The largest absolute Gasteiger partial charge is 0.345 e. The summed E-state index contributed by atoms with van der Waals surface area (Å²) in [6, 6.07) is 26.1. The molecule has 32 heavy (non-hydrogen) atoms. The zero-order chi connectivity index (χ0) is 22.7. The third-order valence-electron chi connectivity index (χ3n) is 5.32. The van der Waals surface area contributed by atoms with Gasteiger partial charge in [-0.3, -0.25) is 4.79 Å². The predicted octanol–water partition coefficient (Wildman–Crippen LogP) is 4.94. The number of amides is 1. The van der Waals surface area contributed by atoms with Gasteiger partial charge in [-0.15, -0.1) is 0 Å². The summed E-state index contributed by atoms with van der Waals surface area (Å²) in [5.41, 5.74) is 3.64. The molecule has 0 saturated heterocycles. The fourth-order valence-electron chi connectivity index (χ4n) is 3.84. The number of rotatable bonds is 6. The molecule has 1 N–H and O–H groups in total. The van der Waals surface area contributed by atoms with Gasteiger partial charge < -0.3 is 5.32 Å². The van der Waals surface area contributed by atoms with Gasteiger partial charge in [-0.2, -0.15) is 0 Å². The van der Waals surface area contributed by atoms with E-state index >= 15 is 0 Å². The third kappa shape index (κ3) is 4.70. The SMILES string of the molecule is CC(NC(=O)c1c(CS(C)(=O)=O)c(-c2ccccc2)nc2ccccc12)c1ccccc1. The highest BCUT2D eigenvalue weighted by atomic mass is 32.2. The van der Waals surface area contributed by atoms with Crippen molar-refractivity contribution in [1.29, 1.82) is 0 Å². The van der Waals surface area contributed by atoms with E-state index in [1.807, 2.05) is 91.9 Å². The first-order valence-electron chi connectivity index (χ1n) is 10.3. The molecule has 0 aliphatic rings. The number of carbonyl (C=O) groups is 1. The summed E-state index contributed by atoms with van der Waals surface area (Å²) in [6.07, 6.45) is 1.17. The minimum atomic E-state index is -3.43. The van der Waals surface area contributed by atoms with Crippen LogP contribution < -0.4 is 5.32 Å². The van der Waals surface area contributed by atoms with E-state index in [0.29, 0.717) is 27.7 Å². The van der Waals surface area contributed by atoms with Crippen LogP contribution in [0.4, 0.5) is 0 Å². The first-order chi connectivity index (χ1) is 15.3. The van der Waals surface area contributed by atoms with E-state index in [1.165, 1.54) is 6.26 Å². The Hall–Kier alpha value is -3.51. The summed E-state index contributed by atoms with van der Waals surface area (Å²) in [7, 11) is -3.43. The number of para-hydroxylation sites is 1. The lowest BCUT2D eigenvalue weighted by Crippen LogP contribution is -2.28. The standard InChI is InChI=1S/C26H24N2O3S/c1-18(19-11-5-3-6-12-19)27-26(29)24-21-15-9-10-16-23(21)28-25(20-13-7-4-8-14-20)22(24)17-32(2,30)31/h3-16,18H,17H2,1-2H3,(H,27,29). The quantitative estimate of drug-likeness (QED) is 0.457. The van der Waals surface area contributed by atoms with Crippen LogP contribution in [0.15, 0.2) is 84.9 Å². The van der Waals surface area contributed by atoms with Crippen molar-refractivity contribution in [1.82, 2.24) is 10.3 Å². The highest BCUT2D eigenvalue weighted by molar-refractivity contribution is 7.89. The van der Waals surface area contributed by atoms with Crippen LogP contribution in [0.2, 0.25) is 0 Å². The Morgan fingerprint density at radius 2 is 1.50 bits per heavy atom. The van der Waals surface area contributed by atoms with Gasteiger partial charge in [0.05, 0.1) is 28.6 Å². The number of hydrogen-bond acceptors (Lipinski definition) is 4. The van der Waals surface area contributed by atoms with Crippen LogP contribution in [-0.2, 0) is 15.6 Å². The normalized spacial score (nSPS) is 12.4. The predicted molar refractivity (Wildman–Crippen MR) is 128 cm³/mol. The van der Waals surface area contributed by atoms with E-state index in [4.69, 9.17) is 4.98 Å². The maximum atomic E-state index is 13.6. The highest BCUT2D eigenvalue weighted by Crippen LogP contribution is 2.32. The topological polar surface area (TPSA) is 76.1 Å². The molecule has 1 atom stereocenters. The van der Waals surface area contributed by atoms with Gasteiger partial charge in [-0.1, -0.05) is 78.9 Å². The number of sulfone groups is 1. The molecule has 0 fully saturated rings. The van der Waals surface area contributed by atoms with Crippen LogP contribution in [0.1, 0.15) is 34.5 Å². The van der Waals surface area contributed by atoms with Crippen molar-refractivity contribution in [2.24, 2.45) is 0 Å². The van der Waals surface area contributed by atoms with Crippen molar-refractivity contribution in [2.75, 3.05) is 6.26 Å². The van der Waals surface area contributed by atoms with E-state index < -0.39 is 9.84 Å². The molecular weight excluding hydrogens is 420 g/mol. The molecule has 0 aliphatic carbocycles. The molecule has 0 spiro atoms. The van der Waals surface area contributed by atoms with Gasteiger partial charge in [0.1, 0.15) is 0 Å². The molecule has 3 aromatic carbocycles. The summed E-state index contributed by atoms with van der Waals surface area (Å²) < 4.78 is 24.8. The Labute approximate surface area is 188 Å². The Morgan fingerprint density at radius 1 is 0.906 bits per heavy atom. The Kier molecular flexibility index (Phi) is 6.06. The summed E-state index contributed by atoms with van der Waals surface area (Å²) in [6.45, 7) is 1.91. The molecule has 1 amide bonds. The van der Waals surface area contributed by atoms with Crippen LogP contribution in [0.5, 0.6) is 0 Å². The second-order valence-electron chi connectivity index (χ2n) is 7.87. The molecule has 5 nitrogen and oxygen atoms in total. The van der Waals surface area contributed by atoms with Gasteiger partial charge in [-0.05, 0) is 18.6 Å². The number of carbonyl (C=O) groups excluding carboxylic acids is 1. The molecule has 4 aromatic rings. The van der Waals surface area contributed by atoms with Crippen molar-refractivity contribution >= 4 is 26.6 Å². The number of pyridine rings is 1. The molecule has 1 unspecified atom stereocenters. The van der Waals surface area contributed by atoms with Crippen LogP contribution in [0.25, 0.3) is 22.2 Å². The molecule has 1 heterocycles. The maximum Gasteiger partial charge on any atom is 0.252 e.